The van der Waals surface area contributed by atoms with E-state index in [1.54, 1.807) is 0 Å². The van der Waals surface area contributed by atoms with Crippen molar-refractivity contribution in [3.8, 4) is 0 Å². The second-order valence-electron chi connectivity index (χ2n) is 6.83. The van der Waals surface area contributed by atoms with Gasteiger partial charge in [-0.25, -0.2) is 31.3 Å². The molecule has 1 aliphatic rings. The third-order valence-corrected chi connectivity index (χ3v) is 4.19. The predicted octanol–water partition coefficient (Wildman–Crippen LogP) is -7.08. The van der Waals surface area contributed by atoms with E-state index in [1.165, 1.54) is 0 Å². The van der Waals surface area contributed by atoms with Gasteiger partial charge in [0.25, 0.3) is 0 Å². The zero-order valence-electron chi connectivity index (χ0n) is 17.2. The second-order valence-corrected chi connectivity index (χ2v) is 6.83. The van der Waals surface area contributed by atoms with Crippen LogP contribution in [0.2, 0.25) is 0 Å². The molecule has 0 bridgehead atoms. The molecule has 0 spiro atoms. The molecule has 0 amide bonds. The Hall–Kier alpha value is -2.07. The van der Waals surface area contributed by atoms with E-state index in [0.29, 0.717) is 0 Å². The number of hydroxylamine groups is 6. The lowest BCUT2D eigenvalue weighted by Gasteiger charge is -2.41. The second kappa shape index (κ2) is 14.2. The minimum absolute atomic E-state index is 0.498. The molecule has 8 atom stereocenters. The molecular formula is C15H27N3O15. The smallest absolute Gasteiger partial charge is 0.314 e. The van der Waals surface area contributed by atoms with Gasteiger partial charge in [-0.1, -0.05) is 0 Å². The summed E-state index contributed by atoms with van der Waals surface area (Å²) < 4.78 is 19.7. The van der Waals surface area contributed by atoms with Crippen LogP contribution in [0.1, 0.15) is 19.3 Å². The quantitative estimate of drug-likeness (QED) is 0.0678. The summed E-state index contributed by atoms with van der Waals surface area (Å²) in [5, 5.41) is 74.4. The van der Waals surface area contributed by atoms with Crippen LogP contribution in [0, 0.1) is 15.6 Å². The summed E-state index contributed by atoms with van der Waals surface area (Å²) in [6.07, 6.45) is -10.7. The molecule has 33 heavy (non-hydrogen) atoms. The minimum Gasteiger partial charge on any atom is -0.600 e. The van der Waals surface area contributed by atoms with Crippen LogP contribution < -0.4 is 15.7 Å². The predicted molar refractivity (Wildman–Crippen MR) is 94.4 cm³/mol. The van der Waals surface area contributed by atoms with Gasteiger partial charge in [0.05, 0.1) is 19.3 Å². The van der Waals surface area contributed by atoms with Crippen LogP contribution in [-0.4, -0.2) is 101 Å². The largest absolute Gasteiger partial charge is 0.600 e. The highest BCUT2D eigenvalue weighted by Crippen LogP contribution is 2.25. The standard InChI is InChI=1S/C15H27N3O15/c19-9(1-4-16(24)25)30-7-8-12(22)14(32-10(20)2-5-17(26)27)13(23)15(31-8)33-11(21)3-6-18(28)29/h8,12-18,22-24,26,28H,1-7H2/t8-,12-,13-,14+,15+/m1/s1. The maximum absolute atomic E-state index is 11.9. The van der Waals surface area contributed by atoms with Gasteiger partial charge < -0.3 is 44.8 Å². The van der Waals surface area contributed by atoms with Crippen molar-refractivity contribution >= 4 is 17.9 Å². The first-order valence-corrected chi connectivity index (χ1v) is 9.62. The summed E-state index contributed by atoms with van der Waals surface area (Å²) in [7, 11) is 0. The zero-order chi connectivity index (χ0) is 25.1. The molecule has 0 aromatic rings. The molecule has 3 unspecified atom stereocenters. The summed E-state index contributed by atoms with van der Waals surface area (Å²) in [5.74, 6) is -3.19. The zero-order valence-corrected chi connectivity index (χ0v) is 17.2. The van der Waals surface area contributed by atoms with Gasteiger partial charge in [0.15, 0.2) is 12.2 Å². The molecule has 1 saturated heterocycles. The van der Waals surface area contributed by atoms with E-state index in [1.807, 2.05) is 0 Å². The summed E-state index contributed by atoms with van der Waals surface area (Å²) in [4.78, 5) is 35.3. The lowest BCUT2D eigenvalue weighted by Crippen LogP contribution is -3.04. The van der Waals surface area contributed by atoms with Gasteiger partial charge in [-0.15, -0.1) is 0 Å². The number of hydrogen-bond donors (Lipinski definition) is 8. The first-order chi connectivity index (χ1) is 15.4. The highest BCUT2D eigenvalue weighted by Gasteiger charge is 2.49. The van der Waals surface area contributed by atoms with Gasteiger partial charge in [-0.2, -0.15) is 0 Å². The Kier molecular flexibility index (Phi) is 12.5. The highest BCUT2D eigenvalue weighted by molar-refractivity contribution is 5.70. The SMILES string of the molecule is O=C(CC[NH+]([O-])O)OC[C@H]1O[C@@H](OC(=O)CC[NH+]([O-])O)[C@H](O)[C@@H](OC(=O)CC[NH+]([O-])O)[C@@H]1O. The Bertz CT molecular complexity index is 634. The molecule has 1 aliphatic heterocycles. The maximum atomic E-state index is 11.9. The Balaban J connectivity index is 2.85. The Morgan fingerprint density at radius 3 is 1.70 bits per heavy atom. The van der Waals surface area contributed by atoms with Crippen molar-refractivity contribution < 1.29 is 74.8 Å². The number of carbonyl (C=O) groups is 3. The monoisotopic (exact) mass is 489 g/mol. The highest BCUT2D eigenvalue weighted by atomic mass is 16.8. The van der Waals surface area contributed by atoms with Crippen LogP contribution in [0.15, 0.2) is 0 Å². The van der Waals surface area contributed by atoms with Crippen molar-refractivity contribution in [1.82, 2.24) is 0 Å². The van der Waals surface area contributed by atoms with E-state index in [9.17, 15) is 40.2 Å². The number of aliphatic hydroxyl groups excluding tert-OH is 2. The molecule has 18 heteroatoms. The van der Waals surface area contributed by atoms with Crippen LogP contribution in [0.5, 0.6) is 0 Å². The van der Waals surface area contributed by atoms with Gasteiger partial charge >= 0.3 is 17.9 Å². The number of carbonyl (C=O) groups excluding carboxylic acids is 3. The van der Waals surface area contributed by atoms with Gasteiger partial charge in [-0.3, -0.25) is 14.4 Å². The van der Waals surface area contributed by atoms with Crippen molar-refractivity contribution in [2.75, 3.05) is 26.2 Å². The summed E-state index contributed by atoms with van der Waals surface area (Å²) >= 11 is 0. The Morgan fingerprint density at radius 2 is 1.21 bits per heavy atom. The van der Waals surface area contributed by atoms with Crippen molar-refractivity contribution in [3.63, 3.8) is 0 Å². The van der Waals surface area contributed by atoms with E-state index in [4.69, 9.17) is 34.6 Å². The van der Waals surface area contributed by atoms with Gasteiger partial charge in [0.2, 0.25) is 6.29 Å². The van der Waals surface area contributed by atoms with E-state index >= 15 is 0 Å². The number of quaternary nitrogens is 3. The summed E-state index contributed by atoms with van der Waals surface area (Å²) in [5.41, 5.74) is 0. The lowest BCUT2D eigenvalue weighted by atomic mass is 9.99. The minimum atomic E-state index is -1.96. The molecule has 0 aromatic carbocycles. The average Bonchev–Trinajstić information content (AvgIpc) is 2.73. The summed E-state index contributed by atoms with van der Waals surface area (Å²) in [6.45, 7) is -2.44. The molecule has 0 aromatic heterocycles. The van der Waals surface area contributed by atoms with Crippen LogP contribution >= 0.6 is 0 Å². The van der Waals surface area contributed by atoms with Crippen LogP contribution in [0.4, 0.5) is 0 Å². The third kappa shape index (κ3) is 11.1. The fourth-order valence-corrected chi connectivity index (χ4v) is 2.55. The first-order valence-electron chi connectivity index (χ1n) is 9.62. The van der Waals surface area contributed by atoms with Crippen LogP contribution in [-0.2, 0) is 33.3 Å². The topological polar surface area (TPSA) is 272 Å². The molecular weight excluding hydrogens is 462 g/mol. The number of aliphatic hydroxyl groups is 2. The molecule has 0 aliphatic carbocycles. The lowest BCUT2D eigenvalue weighted by molar-refractivity contribution is -1.05. The van der Waals surface area contributed by atoms with Gasteiger partial charge in [0.1, 0.15) is 38.4 Å². The Morgan fingerprint density at radius 1 is 0.758 bits per heavy atom. The van der Waals surface area contributed by atoms with E-state index in [0.717, 1.165) is 0 Å². The maximum Gasteiger partial charge on any atom is 0.314 e. The number of rotatable bonds is 13. The van der Waals surface area contributed by atoms with E-state index in [2.05, 4.69) is 0 Å². The van der Waals surface area contributed by atoms with Gasteiger partial charge in [0, 0.05) is 0 Å². The average molecular weight is 489 g/mol. The van der Waals surface area contributed by atoms with Crippen molar-refractivity contribution in [2.45, 2.75) is 50.0 Å². The Labute approximate surface area is 185 Å². The molecule has 1 heterocycles. The number of esters is 3. The number of nitrogens with one attached hydrogen (secondary N) is 3. The molecule has 1 fully saturated rings. The molecule has 1 rings (SSSR count). The van der Waals surface area contributed by atoms with Crippen molar-refractivity contribution in [1.29, 1.82) is 0 Å². The van der Waals surface area contributed by atoms with Crippen molar-refractivity contribution in [2.24, 2.45) is 0 Å². The van der Waals surface area contributed by atoms with Crippen molar-refractivity contribution in [3.05, 3.63) is 15.6 Å². The third-order valence-electron chi connectivity index (χ3n) is 4.19. The van der Waals surface area contributed by atoms with Crippen LogP contribution in [0.25, 0.3) is 0 Å². The van der Waals surface area contributed by atoms with Crippen LogP contribution in [0.3, 0.4) is 0 Å². The molecule has 8 N–H and O–H groups in total. The normalized spacial score (nSPS) is 27.8. The molecule has 18 nitrogen and oxygen atoms in total. The van der Waals surface area contributed by atoms with Gasteiger partial charge in [-0.05, 0) is 0 Å². The first kappa shape index (κ1) is 29.0. The number of ether oxygens (including phenoxy) is 4. The van der Waals surface area contributed by atoms with E-state index in [-0.39, 0.29) is 0 Å². The fraction of sp³-hybridized carbons (Fsp3) is 0.800. The molecule has 192 valence electrons. The molecule has 0 saturated carbocycles. The number of hydrogen-bond acceptors (Lipinski definition) is 15. The van der Waals surface area contributed by atoms with E-state index < -0.39 is 110 Å². The summed E-state index contributed by atoms with van der Waals surface area (Å²) in [6, 6.07) is 0. The fourth-order valence-electron chi connectivity index (χ4n) is 2.55. The molecule has 0 radical (unpaired) electrons.